The van der Waals surface area contributed by atoms with Crippen LogP contribution in [0, 0.1) is 0 Å². The van der Waals surface area contributed by atoms with Gasteiger partial charge >= 0.3 is 0 Å². The normalized spacial score (nSPS) is 12.9. The SMILES string of the molecule is CCCCCCCCCCCCCCCCCCCCCCCCCCCCCCCCCCCCCCCCC(O)C(=O)NC(CO)C(O)CCCCCCCCCCCCCCCCCCCCCCCCCCC. The molecule has 0 aliphatic carbocycles. The Morgan fingerprint density at radius 2 is 0.416 bits per heavy atom. The molecule has 0 heterocycles. The Bertz CT molecular complexity index is 1070. The number of aliphatic hydroxyl groups excluding tert-OH is 3. The quantitative estimate of drug-likeness (QED) is 0.0457. The summed E-state index contributed by atoms with van der Waals surface area (Å²) >= 11 is 0. The van der Waals surface area contributed by atoms with Gasteiger partial charge in [0.15, 0.2) is 0 Å². The Morgan fingerprint density at radius 1 is 0.260 bits per heavy atom. The van der Waals surface area contributed by atoms with E-state index < -0.39 is 24.2 Å². The first-order valence-corrected chi connectivity index (χ1v) is 36.3. The molecule has 0 saturated heterocycles. The lowest BCUT2D eigenvalue weighted by atomic mass is 10.0. The van der Waals surface area contributed by atoms with Crippen molar-refractivity contribution in [1.29, 1.82) is 0 Å². The van der Waals surface area contributed by atoms with Gasteiger partial charge in [0, 0.05) is 0 Å². The highest BCUT2D eigenvalue weighted by Crippen LogP contribution is 2.20. The fraction of sp³-hybridized carbons (Fsp3) is 0.986. The average Bonchev–Trinajstić information content (AvgIpc) is 3.43. The molecule has 4 N–H and O–H groups in total. The lowest BCUT2D eigenvalue weighted by Crippen LogP contribution is -2.49. The minimum Gasteiger partial charge on any atom is -0.394 e. The van der Waals surface area contributed by atoms with E-state index in [4.69, 9.17) is 0 Å². The molecule has 0 fully saturated rings. The van der Waals surface area contributed by atoms with Crippen molar-refractivity contribution in [2.24, 2.45) is 0 Å². The molecule has 3 unspecified atom stereocenters. The molecule has 5 heteroatoms. The highest BCUT2D eigenvalue weighted by Gasteiger charge is 2.23. The third-order valence-electron chi connectivity index (χ3n) is 17.7. The number of aliphatic hydroxyl groups is 3. The summed E-state index contributed by atoms with van der Waals surface area (Å²) in [6.45, 7) is 4.30. The number of rotatable bonds is 69. The fourth-order valence-corrected chi connectivity index (χ4v) is 12.1. The highest BCUT2D eigenvalue weighted by atomic mass is 16.3. The van der Waals surface area contributed by atoms with Gasteiger partial charge in [-0.3, -0.25) is 4.79 Å². The van der Waals surface area contributed by atoms with Crippen LogP contribution in [-0.4, -0.2) is 46.1 Å². The van der Waals surface area contributed by atoms with Crippen molar-refractivity contribution in [3.63, 3.8) is 0 Å². The summed E-state index contributed by atoms with van der Waals surface area (Å²) in [5, 5.41) is 33.8. The first kappa shape index (κ1) is 76.3. The van der Waals surface area contributed by atoms with Gasteiger partial charge in [-0.05, 0) is 12.8 Å². The van der Waals surface area contributed by atoms with Crippen molar-refractivity contribution in [3.8, 4) is 0 Å². The summed E-state index contributed by atoms with van der Waals surface area (Å²) in [5.74, 6) is -0.459. The summed E-state index contributed by atoms with van der Waals surface area (Å²) in [6.07, 6.45) is 86.6. The van der Waals surface area contributed by atoms with Gasteiger partial charge in [-0.1, -0.05) is 418 Å². The van der Waals surface area contributed by atoms with Crippen molar-refractivity contribution in [2.75, 3.05) is 6.61 Å². The van der Waals surface area contributed by atoms with Crippen molar-refractivity contribution in [3.05, 3.63) is 0 Å². The minimum absolute atomic E-state index is 0.307. The first-order valence-electron chi connectivity index (χ1n) is 36.3. The summed E-state index contributed by atoms with van der Waals surface area (Å²) in [7, 11) is 0. The zero-order valence-corrected chi connectivity index (χ0v) is 53.2. The van der Waals surface area contributed by atoms with Crippen molar-refractivity contribution in [2.45, 2.75) is 449 Å². The standard InChI is InChI=1S/C72H145NO4/c1-3-5-7-9-11-13-15-17-19-21-23-25-27-29-30-31-32-33-34-35-36-37-38-39-40-41-43-45-47-49-51-53-55-57-59-61-63-65-67-71(76)72(77)73-69(68-74)70(75)66-64-62-60-58-56-54-52-50-48-46-44-42-28-26-24-22-20-18-16-14-12-10-8-6-4-2/h69-71,74-76H,3-68H2,1-2H3,(H,73,77). The van der Waals surface area contributed by atoms with Gasteiger partial charge in [0.1, 0.15) is 6.10 Å². The van der Waals surface area contributed by atoms with Crippen LogP contribution in [0.15, 0.2) is 0 Å². The Hall–Kier alpha value is -0.650. The largest absolute Gasteiger partial charge is 0.394 e. The molecule has 1 amide bonds. The molecule has 462 valence electrons. The number of carbonyl (C=O) groups is 1. The Labute approximate surface area is 485 Å². The molecular formula is C72H145NO4. The van der Waals surface area contributed by atoms with Crippen LogP contribution in [0.25, 0.3) is 0 Å². The van der Waals surface area contributed by atoms with E-state index in [0.29, 0.717) is 12.8 Å². The van der Waals surface area contributed by atoms with E-state index in [1.807, 2.05) is 0 Å². The van der Waals surface area contributed by atoms with Crippen LogP contribution in [0.1, 0.15) is 431 Å². The second kappa shape index (κ2) is 67.9. The molecular weight excluding hydrogens is 943 g/mol. The van der Waals surface area contributed by atoms with Crippen LogP contribution in [-0.2, 0) is 4.79 Å². The number of unbranched alkanes of at least 4 members (excludes halogenated alkanes) is 61. The van der Waals surface area contributed by atoms with Gasteiger partial charge in [-0.2, -0.15) is 0 Å². The van der Waals surface area contributed by atoms with Crippen molar-refractivity contribution < 1.29 is 20.1 Å². The van der Waals surface area contributed by atoms with E-state index in [9.17, 15) is 20.1 Å². The third kappa shape index (κ3) is 62.8. The van der Waals surface area contributed by atoms with Crippen LogP contribution < -0.4 is 5.32 Å². The fourth-order valence-electron chi connectivity index (χ4n) is 12.1. The molecule has 5 nitrogen and oxygen atoms in total. The van der Waals surface area contributed by atoms with Crippen molar-refractivity contribution >= 4 is 5.91 Å². The summed E-state index contributed by atoms with van der Waals surface area (Å²) in [6, 6.07) is -0.709. The molecule has 0 aliphatic rings. The van der Waals surface area contributed by atoms with E-state index in [-0.39, 0.29) is 6.61 Å². The van der Waals surface area contributed by atoms with Gasteiger partial charge in [-0.15, -0.1) is 0 Å². The van der Waals surface area contributed by atoms with E-state index >= 15 is 0 Å². The molecule has 0 aromatic heterocycles. The third-order valence-corrected chi connectivity index (χ3v) is 17.7. The number of hydrogen-bond acceptors (Lipinski definition) is 4. The number of nitrogens with one attached hydrogen (secondary N) is 1. The monoisotopic (exact) mass is 1090 g/mol. The van der Waals surface area contributed by atoms with E-state index in [2.05, 4.69) is 19.2 Å². The van der Waals surface area contributed by atoms with Crippen LogP contribution in [0.2, 0.25) is 0 Å². The van der Waals surface area contributed by atoms with Gasteiger partial charge in [0.2, 0.25) is 5.91 Å². The zero-order valence-electron chi connectivity index (χ0n) is 53.2. The predicted molar refractivity (Wildman–Crippen MR) is 342 cm³/mol. The highest BCUT2D eigenvalue weighted by molar-refractivity contribution is 5.80. The lowest BCUT2D eigenvalue weighted by Gasteiger charge is -2.23. The number of amides is 1. The van der Waals surface area contributed by atoms with Crippen LogP contribution in [0.4, 0.5) is 0 Å². The molecule has 0 spiro atoms. The zero-order chi connectivity index (χ0) is 55.7. The summed E-state index contributed by atoms with van der Waals surface area (Å²) < 4.78 is 0. The van der Waals surface area contributed by atoms with Crippen LogP contribution in [0.3, 0.4) is 0 Å². The van der Waals surface area contributed by atoms with E-state index in [1.165, 1.54) is 372 Å². The van der Waals surface area contributed by atoms with Crippen LogP contribution >= 0.6 is 0 Å². The maximum Gasteiger partial charge on any atom is 0.249 e. The molecule has 77 heavy (non-hydrogen) atoms. The Kier molecular flexibility index (Phi) is 67.3. The molecule has 0 saturated carbocycles. The molecule has 0 radical (unpaired) electrons. The molecule has 0 aliphatic heterocycles. The Morgan fingerprint density at radius 3 is 0.584 bits per heavy atom. The first-order chi connectivity index (χ1) is 38.1. The predicted octanol–water partition coefficient (Wildman–Crippen LogP) is 23.6. The molecule has 0 rings (SSSR count). The Balaban J connectivity index is 3.40. The molecule has 0 aromatic rings. The molecule has 0 aromatic carbocycles. The van der Waals surface area contributed by atoms with E-state index in [0.717, 1.165) is 32.1 Å². The molecule has 0 bridgehead atoms. The number of hydrogen-bond donors (Lipinski definition) is 4. The minimum atomic E-state index is -1.07. The second-order valence-corrected chi connectivity index (χ2v) is 25.5. The smallest absolute Gasteiger partial charge is 0.249 e. The van der Waals surface area contributed by atoms with Crippen LogP contribution in [0.5, 0.6) is 0 Å². The van der Waals surface area contributed by atoms with Gasteiger partial charge in [0.05, 0.1) is 18.8 Å². The van der Waals surface area contributed by atoms with Gasteiger partial charge in [-0.25, -0.2) is 0 Å². The van der Waals surface area contributed by atoms with E-state index in [1.54, 1.807) is 0 Å². The topological polar surface area (TPSA) is 89.8 Å². The molecule has 3 atom stereocenters. The number of carbonyl (C=O) groups excluding carboxylic acids is 1. The van der Waals surface area contributed by atoms with Gasteiger partial charge in [0.25, 0.3) is 0 Å². The average molecular weight is 1090 g/mol. The second-order valence-electron chi connectivity index (χ2n) is 25.5. The lowest BCUT2D eigenvalue weighted by molar-refractivity contribution is -0.131. The maximum absolute atomic E-state index is 12.6. The maximum atomic E-state index is 12.6. The summed E-state index contributed by atoms with van der Waals surface area (Å²) in [4.78, 5) is 12.6. The van der Waals surface area contributed by atoms with Crippen molar-refractivity contribution in [1.82, 2.24) is 5.32 Å². The summed E-state index contributed by atoms with van der Waals surface area (Å²) in [5.41, 5.74) is 0. The van der Waals surface area contributed by atoms with Gasteiger partial charge < -0.3 is 20.6 Å².